The Bertz CT molecular complexity index is 432. The Morgan fingerprint density at radius 3 is 2.94 bits per heavy atom. The van der Waals surface area contributed by atoms with Crippen molar-refractivity contribution in [2.75, 3.05) is 18.7 Å². The molecule has 2 rings (SSSR count). The highest BCUT2D eigenvalue weighted by molar-refractivity contribution is 6.29. The van der Waals surface area contributed by atoms with E-state index >= 15 is 0 Å². The lowest BCUT2D eigenvalue weighted by atomic mass is 10.3. The number of methoxy groups -OCH3 is 1. The monoisotopic (exact) mass is 240 g/mol. The number of hydrogen-bond donors (Lipinski definition) is 0. The molecular weight excluding hydrogens is 232 g/mol. The van der Waals surface area contributed by atoms with Gasteiger partial charge in [0.25, 0.3) is 5.91 Å². The molecule has 6 nitrogen and oxygen atoms in total. The number of hydrogen-bond acceptors (Lipinski definition) is 5. The maximum absolute atomic E-state index is 11.6. The van der Waals surface area contributed by atoms with E-state index in [1.807, 2.05) is 0 Å². The molecule has 0 fully saturated rings. The second kappa shape index (κ2) is 4.54. The first-order chi connectivity index (χ1) is 7.70. The van der Waals surface area contributed by atoms with Gasteiger partial charge in [0.1, 0.15) is 0 Å². The van der Waals surface area contributed by atoms with Crippen molar-refractivity contribution in [3.05, 3.63) is 17.3 Å². The quantitative estimate of drug-likeness (QED) is 0.786. The van der Waals surface area contributed by atoms with Gasteiger partial charge >= 0.3 is 0 Å². The van der Waals surface area contributed by atoms with Crippen molar-refractivity contribution in [1.29, 1.82) is 0 Å². The van der Waals surface area contributed by atoms with E-state index in [4.69, 9.17) is 16.3 Å². The summed E-state index contributed by atoms with van der Waals surface area (Å²) in [7, 11) is 1.55. The molecule has 1 aromatic heterocycles. The fraction of sp³-hybridized carbons (Fsp3) is 0.333. The standard InChI is InChI=1S/C9H9ClN4O2/c1-16-5-6-4-9(15)14(13-6)8-3-2-7(10)11-12-8/h2-3H,4-5H2,1H3. The van der Waals surface area contributed by atoms with Crippen molar-refractivity contribution >= 4 is 29.0 Å². The highest BCUT2D eigenvalue weighted by Gasteiger charge is 2.26. The molecule has 0 unspecified atom stereocenters. The largest absolute Gasteiger partial charge is 0.379 e. The number of aromatic nitrogens is 2. The van der Waals surface area contributed by atoms with Crippen LogP contribution in [0.15, 0.2) is 17.2 Å². The van der Waals surface area contributed by atoms with Crippen LogP contribution >= 0.6 is 11.6 Å². The first-order valence-electron chi connectivity index (χ1n) is 4.58. The van der Waals surface area contributed by atoms with Gasteiger partial charge in [-0.05, 0) is 12.1 Å². The van der Waals surface area contributed by atoms with E-state index in [0.29, 0.717) is 18.1 Å². The average Bonchev–Trinajstić information content (AvgIpc) is 2.61. The third-order valence-electron chi connectivity index (χ3n) is 1.98. The first kappa shape index (κ1) is 11.0. The summed E-state index contributed by atoms with van der Waals surface area (Å²) >= 11 is 5.60. The van der Waals surface area contributed by atoms with Crippen molar-refractivity contribution in [3.8, 4) is 0 Å². The minimum atomic E-state index is -0.149. The lowest BCUT2D eigenvalue weighted by Crippen LogP contribution is -2.20. The predicted molar refractivity (Wildman–Crippen MR) is 58.5 cm³/mol. The molecule has 1 amide bonds. The van der Waals surface area contributed by atoms with E-state index in [2.05, 4.69) is 15.3 Å². The van der Waals surface area contributed by atoms with Crippen LogP contribution in [0.25, 0.3) is 0 Å². The van der Waals surface area contributed by atoms with Gasteiger partial charge in [-0.1, -0.05) is 11.6 Å². The van der Waals surface area contributed by atoms with Crippen molar-refractivity contribution in [2.45, 2.75) is 6.42 Å². The summed E-state index contributed by atoms with van der Waals surface area (Å²) in [5, 5.41) is 13.0. The van der Waals surface area contributed by atoms with E-state index in [1.165, 1.54) is 5.01 Å². The number of amides is 1. The zero-order valence-corrected chi connectivity index (χ0v) is 9.31. The number of nitrogens with zero attached hydrogens (tertiary/aromatic N) is 4. The zero-order chi connectivity index (χ0) is 11.5. The van der Waals surface area contributed by atoms with Crippen LogP contribution in [0.5, 0.6) is 0 Å². The molecule has 16 heavy (non-hydrogen) atoms. The van der Waals surface area contributed by atoms with Crippen LogP contribution in [0.3, 0.4) is 0 Å². The van der Waals surface area contributed by atoms with E-state index in [-0.39, 0.29) is 17.5 Å². The zero-order valence-electron chi connectivity index (χ0n) is 8.55. The summed E-state index contributed by atoms with van der Waals surface area (Å²) in [6.45, 7) is 0.337. The van der Waals surface area contributed by atoms with Gasteiger partial charge in [0.05, 0.1) is 18.7 Å². The summed E-state index contributed by atoms with van der Waals surface area (Å²) in [6.07, 6.45) is 0.248. The first-order valence-corrected chi connectivity index (χ1v) is 4.96. The van der Waals surface area contributed by atoms with Gasteiger partial charge in [-0.3, -0.25) is 4.79 Å². The Labute approximate surface area is 96.9 Å². The van der Waals surface area contributed by atoms with Gasteiger partial charge in [0.15, 0.2) is 11.0 Å². The summed E-state index contributed by atoms with van der Waals surface area (Å²) in [5.41, 5.74) is 0.671. The highest BCUT2D eigenvalue weighted by Crippen LogP contribution is 2.18. The molecule has 0 saturated heterocycles. The Morgan fingerprint density at radius 2 is 2.31 bits per heavy atom. The Balaban J connectivity index is 2.21. The molecular formula is C9H9ClN4O2. The second-order valence-electron chi connectivity index (χ2n) is 3.20. The fourth-order valence-corrected chi connectivity index (χ4v) is 1.43. The third-order valence-corrected chi connectivity index (χ3v) is 2.18. The molecule has 0 bridgehead atoms. The Morgan fingerprint density at radius 1 is 1.50 bits per heavy atom. The fourth-order valence-electron chi connectivity index (χ4n) is 1.33. The van der Waals surface area contributed by atoms with Crippen LogP contribution in [0.2, 0.25) is 5.15 Å². The molecule has 0 aliphatic carbocycles. The molecule has 0 atom stereocenters. The van der Waals surface area contributed by atoms with Crippen molar-refractivity contribution in [3.63, 3.8) is 0 Å². The molecule has 1 aliphatic rings. The lowest BCUT2D eigenvalue weighted by molar-refractivity contribution is -0.117. The van der Waals surface area contributed by atoms with E-state index in [9.17, 15) is 4.79 Å². The van der Waals surface area contributed by atoms with Gasteiger partial charge in [0.2, 0.25) is 0 Å². The van der Waals surface area contributed by atoms with Gasteiger partial charge in [-0.15, -0.1) is 10.2 Å². The maximum Gasteiger partial charge on any atom is 0.254 e. The van der Waals surface area contributed by atoms with Crippen LogP contribution in [0.1, 0.15) is 6.42 Å². The van der Waals surface area contributed by atoms with E-state index < -0.39 is 0 Å². The molecule has 0 N–H and O–H groups in total. The Kier molecular flexibility index (Phi) is 3.12. The molecule has 0 saturated carbocycles. The number of hydrazone groups is 1. The van der Waals surface area contributed by atoms with E-state index in [0.717, 1.165) is 0 Å². The number of carbonyl (C=O) groups excluding carboxylic acids is 1. The van der Waals surface area contributed by atoms with Crippen LogP contribution in [-0.2, 0) is 9.53 Å². The van der Waals surface area contributed by atoms with Gasteiger partial charge in [-0.2, -0.15) is 10.1 Å². The van der Waals surface area contributed by atoms with E-state index in [1.54, 1.807) is 19.2 Å². The lowest BCUT2D eigenvalue weighted by Gasteiger charge is -2.08. The number of rotatable bonds is 3. The number of anilines is 1. The van der Waals surface area contributed by atoms with Crippen molar-refractivity contribution < 1.29 is 9.53 Å². The SMILES string of the molecule is COCC1=NN(c2ccc(Cl)nn2)C(=O)C1. The minimum absolute atomic E-state index is 0.149. The molecule has 7 heteroatoms. The minimum Gasteiger partial charge on any atom is -0.379 e. The smallest absolute Gasteiger partial charge is 0.254 e. The summed E-state index contributed by atoms with van der Waals surface area (Å²) in [6, 6.07) is 3.15. The number of carbonyl (C=O) groups is 1. The van der Waals surface area contributed by atoms with Crippen molar-refractivity contribution in [2.24, 2.45) is 5.10 Å². The molecule has 84 valence electrons. The molecule has 0 aromatic carbocycles. The van der Waals surface area contributed by atoms with Crippen LogP contribution < -0.4 is 5.01 Å². The average molecular weight is 241 g/mol. The topological polar surface area (TPSA) is 67.7 Å². The summed E-state index contributed by atoms with van der Waals surface area (Å²) < 4.78 is 4.91. The molecule has 1 aromatic rings. The summed E-state index contributed by atoms with van der Waals surface area (Å²) in [5.74, 6) is 0.212. The number of halogens is 1. The highest BCUT2D eigenvalue weighted by atomic mass is 35.5. The van der Waals surface area contributed by atoms with Crippen molar-refractivity contribution in [1.82, 2.24) is 10.2 Å². The van der Waals surface area contributed by atoms with Crippen LogP contribution in [0.4, 0.5) is 5.82 Å². The molecule has 1 aliphatic heterocycles. The summed E-state index contributed by atoms with van der Waals surface area (Å²) in [4.78, 5) is 11.6. The molecule has 0 radical (unpaired) electrons. The second-order valence-corrected chi connectivity index (χ2v) is 3.58. The third kappa shape index (κ3) is 2.17. The van der Waals surface area contributed by atoms with Crippen LogP contribution in [-0.4, -0.2) is 35.5 Å². The maximum atomic E-state index is 11.6. The Hall–Kier alpha value is -1.53. The molecule has 0 spiro atoms. The molecule has 2 heterocycles. The van der Waals surface area contributed by atoms with Crippen LogP contribution in [0, 0.1) is 0 Å². The van der Waals surface area contributed by atoms with Gasteiger partial charge in [-0.25, -0.2) is 0 Å². The number of ether oxygens (including phenoxy) is 1. The predicted octanol–water partition coefficient (Wildman–Crippen LogP) is 0.869. The van der Waals surface area contributed by atoms with Gasteiger partial charge < -0.3 is 4.74 Å². The van der Waals surface area contributed by atoms with Gasteiger partial charge in [0, 0.05) is 7.11 Å². The normalized spacial score (nSPS) is 15.5.